The van der Waals surface area contributed by atoms with Gasteiger partial charge in [-0.2, -0.15) is 0 Å². The van der Waals surface area contributed by atoms with Crippen LogP contribution in [0, 0.1) is 0 Å². The summed E-state index contributed by atoms with van der Waals surface area (Å²) in [5.41, 5.74) is 9.82. The molecule has 0 aliphatic heterocycles. The van der Waals surface area contributed by atoms with Crippen molar-refractivity contribution in [2.45, 2.75) is 0 Å². The maximum atomic E-state index is 6.14. The van der Waals surface area contributed by atoms with Crippen molar-refractivity contribution in [2.24, 2.45) is 0 Å². The number of benzene rings is 6. The number of hydrogen-bond donors (Lipinski definition) is 0. The monoisotopic (exact) mass is 571 g/mol. The molecule has 0 atom stereocenters. The molecule has 4 heteroatoms. The molecule has 6 aromatic carbocycles. The zero-order valence-corrected chi connectivity index (χ0v) is 24.0. The molecule has 204 valence electrons. The Bertz CT molecular complexity index is 1990. The van der Waals surface area contributed by atoms with Gasteiger partial charge >= 0.3 is 0 Å². The number of hydrogen-bond acceptors (Lipinski definition) is 3. The molecule has 7 aromatic rings. The molecule has 0 saturated carbocycles. The van der Waals surface area contributed by atoms with Crippen molar-refractivity contribution in [1.29, 1.82) is 0 Å². The van der Waals surface area contributed by atoms with E-state index in [1.807, 2.05) is 60.7 Å². The van der Waals surface area contributed by atoms with E-state index in [1.54, 1.807) is 0 Å². The van der Waals surface area contributed by atoms with E-state index in [0.29, 0.717) is 22.5 Å². The SMILES string of the molecule is Clc1ccc(-c2nc(-c3ccccc3)nc(-c3ccc(-c4cccc(-c5ccc(-c6ccccc6)cc5)c4)cc3)n2)cc1. The summed E-state index contributed by atoms with van der Waals surface area (Å²) in [6.45, 7) is 0. The standard InChI is InChI=1S/C39H26ClN3/c40-36-24-22-33(23-25-36)39-42-37(31-10-5-2-6-11-31)41-38(43-39)32-20-18-30(19-21-32)35-13-7-12-34(26-35)29-16-14-28(15-17-29)27-8-3-1-4-9-27/h1-26H. The zero-order valence-electron chi connectivity index (χ0n) is 23.2. The fourth-order valence-corrected chi connectivity index (χ4v) is 5.25. The van der Waals surface area contributed by atoms with Crippen molar-refractivity contribution in [3.05, 3.63) is 163 Å². The van der Waals surface area contributed by atoms with Crippen molar-refractivity contribution in [3.63, 3.8) is 0 Å². The molecule has 0 saturated heterocycles. The molecular weight excluding hydrogens is 546 g/mol. The van der Waals surface area contributed by atoms with Crippen molar-refractivity contribution >= 4 is 11.6 Å². The summed E-state index contributed by atoms with van der Waals surface area (Å²) in [7, 11) is 0. The van der Waals surface area contributed by atoms with Gasteiger partial charge in [0.1, 0.15) is 0 Å². The average Bonchev–Trinajstić information content (AvgIpc) is 3.09. The van der Waals surface area contributed by atoms with Gasteiger partial charge in [0, 0.05) is 21.7 Å². The van der Waals surface area contributed by atoms with Crippen LogP contribution in [-0.2, 0) is 0 Å². The summed E-state index contributed by atoms with van der Waals surface area (Å²) in [4.78, 5) is 14.5. The number of aromatic nitrogens is 3. The third kappa shape index (κ3) is 5.85. The maximum Gasteiger partial charge on any atom is 0.164 e. The van der Waals surface area contributed by atoms with Gasteiger partial charge in [-0.05, 0) is 63.7 Å². The molecule has 0 unspecified atom stereocenters. The second-order valence-electron chi connectivity index (χ2n) is 10.3. The summed E-state index contributed by atoms with van der Waals surface area (Å²) in [6.07, 6.45) is 0. The van der Waals surface area contributed by atoms with Crippen LogP contribution in [0.2, 0.25) is 5.02 Å². The lowest BCUT2D eigenvalue weighted by Gasteiger charge is -2.10. The molecule has 0 spiro atoms. The third-order valence-electron chi connectivity index (χ3n) is 7.43. The van der Waals surface area contributed by atoms with Crippen LogP contribution in [0.4, 0.5) is 0 Å². The molecule has 43 heavy (non-hydrogen) atoms. The molecule has 1 aromatic heterocycles. The molecule has 0 fully saturated rings. The first-order valence-electron chi connectivity index (χ1n) is 14.1. The van der Waals surface area contributed by atoms with Gasteiger partial charge in [-0.15, -0.1) is 0 Å². The van der Waals surface area contributed by atoms with Crippen LogP contribution in [-0.4, -0.2) is 15.0 Å². The number of nitrogens with zero attached hydrogens (tertiary/aromatic N) is 3. The van der Waals surface area contributed by atoms with E-state index < -0.39 is 0 Å². The normalized spacial score (nSPS) is 10.9. The van der Waals surface area contributed by atoms with Gasteiger partial charge in [0.2, 0.25) is 0 Å². The Morgan fingerprint density at radius 1 is 0.279 bits per heavy atom. The Kier molecular flexibility index (Phi) is 7.31. The molecule has 0 aliphatic carbocycles. The number of halogens is 1. The Morgan fingerprint density at radius 3 is 1.05 bits per heavy atom. The molecule has 3 nitrogen and oxygen atoms in total. The molecule has 7 rings (SSSR count). The Hall–Kier alpha value is -5.38. The molecule has 0 amide bonds. The highest BCUT2D eigenvalue weighted by Gasteiger charge is 2.13. The smallest absolute Gasteiger partial charge is 0.164 e. The van der Waals surface area contributed by atoms with Crippen molar-refractivity contribution in [2.75, 3.05) is 0 Å². The van der Waals surface area contributed by atoms with Crippen molar-refractivity contribution < 1.29 is 0 Å². The third-order valence-corrected chi connectivity index (χ3v) is 7.69. The van der Waals surface area contributed by atoms with Crippen LogP contribution in [0.15, 0.2) is 158 Å². The Balaban J connectivity index is 1.20. The van der Waals surface area contributed by atoms with Crippen molar-refractivity contribution in [3.8, 4) is 67.5 Å². The molecule has 0 aliphatic rings. The first-order valence-corrected chi connectivity index (χ1v) is 14.5. The van der Waals surface area contributed by atoms with Gasteiger partial charge in [-0.1, -0.05) is 139 Å². The second-order valence-corrected chi connectivity index (χ2v) is 10.7. The minimum absolute atomic E-state index is 0.607. The van der Waals surface area contributed by atoms with E-state index in [1.165, 1.54) is 22.3 Å². The van der Waals surface area contributed by atoms with Gasteiger partial charge in [-0.25, -0.2) is 15.0 Å². The fraction of sp³-hybridized carbons (Fsp3) is 0. The quantitative estimate of drug-likeness (QED) is 0.199. The van der Waals surface area contributed by atoms with Gasteiger partial charge in [0.15, 0.2) is 17.5 Å². The van der Waals surface area contributed by atoms with Crippen LogP contribution in [0.1, 0.15) is 0 Å². The summed E-state index contributed by atoms with van der Waals surface area (Å²) in [6, 6.07) is 53.8. The van der Waals surface area contributed by atoms with Gasteiger partial charge in [0.05, 0.1) is 0 Å². The summed E-state index contributed by atoms with van der Waals surface area (Å²) < 4.78 is 0. The highest BCUT2D eigenvalue weighted by atomic mass is 35.5. The minimum atomic E-state index is 0.607. The molecule has 0 bridgehead atoms. The topological polar surface area (TPSA) is 38.7 Å². The largest absolute Gasteiger partial charge is 0.208 e. The van der Waals surface area contributed by atoms with Crippen LogP contribution in [0.25, 0.3) is 67.5 Å². The average molecular weight is 572 g/mol. The van der Waals surface area contributed by atoms with Crippen LogP contribution < -0.4 is 0 Å². The van der Waals surface area contributed by atoms with Gasteiger partial charge < -0.3 is 0 Å². The van der Waals surface area contributed by atoms with E-state index >= 15 is 0 Å². The summed E-state index contributed by atoms with van der Waals surface area (Å²) in [5, 5.41) is 0.671. The lowest BCUT2D eigenvalue weighted by Crippen LogP contribution is -2.00. The Labute approximate surface area is 256 Å². The first kappa shape index (κ1) is 26.5. The van der Waals surface area contributed by atoms with Gasteiger partial charge in [-0.3, -0.25) is 0 Å². The van der Waals surface area contributed by atoms with Gasteiger partial charge in [0.25, 0.3) is 0 Å². The molecule has 0 radical (unpaired) electrons. The second kappa shape index (κ2) is 11.8. The summed E-state index contributed by atoms with van der Waals surface area (Å²) in [5.74, 6) is 1.86. The van der Waals surface area contributed by atoms with E-state index in [0.717, 1.165) is 27.8 Å². The summed E-state index contributed by atoms with van der Waals surface area (Å²) >= 11 is 6.14. The predicted molar refractivity (Wildman–Crippen MR) is 177 cm³/mol. The maximum absolute atomic E-state index is 6.14. The predicted octanol–water partition coefficient (Wildman–Crippen LogP) is 10.5. The lowest BCUT2D eigenvalue weighted by atomic mass is 9.97. The number of rotatable bonds is 6. The van der Waals surface area contributed by atoms with E-state index in [2.05, 4.69) is 97.1 Å². The van der Waals surface area contributed by atoms with Crippen LogP contribution >= 0.6 is 11.6 Å². The lowest BCUT2D eigenvalue weighted by molar-refractivity contribution is 1.07. The Morgan fingerprint density at radius 2 is 0.581 bits per heavy atom. The highest BCUT2D eigenvalue weighted by Crippen LogP contribution is 2.31. The van der Waals surface area contributed by atoms with Crippen molar-refractivity contribution in [1.82, 2.24) is 15.0 Å². The zero-order chi connectivity index (χ0) is 29.0. The van der Waals surface area contributed by atoms with E-state index in [4.69, 9.17) is 26.6 Å². The fourth-order valence-electron chi connectivity index (χ4n) is 5.13. The molecular formula is C39H26ClN3. The van der Waals surface area contributed by atoms with Crippen LogP contribution in [0.5, 0.6) is 0 Å². The molecule has 0 N–H and O–H groups in total. The van der Waals surface area contributed by atoms with Crippen LogP contribution in [0.3, 0.4) is 0 Å². The molecule has 1 heterocycles. The first-order chi connectivity index (χ1) is 21.2. The van der Waals surface area contributed by atoms with E-state index in [9.17, 15) is 0 Å². The minimum Gasteiger partial charge on any atom is -0.208 e. The highest BCUT2D eigenvalue weighted by molar-refractivity contribution is 6.30. The van der Waals surface area contributed by atoms with E-state index in [-0.39, 0.29) is 0 Å².